The molecule has 174 valence electrons. The number of ether oxygens (including phenoxy) is 2. The van der Waals surface area contributed by atoms with E-state index in [1.54, 1.807) is 12.1 Å². The van der Waals surface area contributed by atoms with Gasteiger partial charge in [-0.2, -0.15) is 0 Å². The largest absolute Gasteiger partial charge is 0.447 e. The quantitative estimate of drug-likeness (QED) is 0.453. The van der Waals surface area contributed by atoms with Gasteiger partial charge >= 0.3 is 11.9 Å². The molecule has 2 aromatic carbocycles. The van der Waals surface area contributed by atoms with Crippen LogP contribution in [0.2, 0.25) is 5.02 Å². The van der Waals surface area contributed by atoms with E-state index in [0.717, 1.165) is 40.7 Å². The van der Waals surface area contributed by atoms with Gasteiger partial charge in [0.25, 0.3) is 0 Å². The van der Waals surface area contributed by atoms with Crippen molar-refractivity contribution < 1.29 is 19.1 Å². The highest BCUT2D eigenvalue weighted by molar-refractivity contribution is 6.30. The minimum Gasteiger partial charge on any atom is -0.447 e. The lowest BCUT2D eigenvalue weighted by atomic mass is 9.87. The molecule has 1 heterocycles. The first-order chi connectivity index (χ1) is 15.6. The topological polar surface area (TPSA) is 52.6 Å². The van der Waals surface area contributed by atoms with Crippen LogP contribution >= 0.6 is 11.6 Å². The first-order valence-electron chi connectivity index (χ1n) is 11.7. The smallest absolute Gasteiger partial charge is 0.343 e. The minimum absolute atomic E-state index is 0.00289. The summed E-state index contributed by atoms with van der Waals surface area (Å²) in [5, 5.41) is 0.615. The second-order valence-electron chi connectivity index (χ2n) is 9.76. The summed E-state index contributed by atoms with van der Waals surface area (Å²) < 4.78 is 12.2. The zero-order chi connectivity index (χ0) is 23.9. The van der Waals surface area contributed by atoms with Crippen molar-refractivity contribution in [2.24, 2.45) is 5.92 Å². The molecule has 1 aliphatic heterocycles. The highest BCUT2D eigenvalue weighted by atomic mass is 35.5. The predicted molar refractivity (Wildman–Crippen MR) is 130 cm³/mol. The van der Waals surface area contributed by atoms with Crippen LogP contribution in [0, 0.1) is 26.7 Å². The van der Waals surface area contributed by atoms with Gasteiger partial charge < -0.3 is 9.47 Å². The lowest BCUT2D eigenvalue weighted by Gasteiger charge is -2.27. The van der Waals surface area contributed by atoms with Gasteiger partial charge in [0.05, 0.1) is 5.92 Å². The molecule has 0 aromatic heterocycles. The Balaban J connectivity index is 1.82. The fourth-order valence-electron chi connectivity index (χ4n) is 5.43. The van der Waals surface area contributed by atoms with E-state index in [0.29, 0.717) is 29.2 Å². The Hall–Kier alpha value is -2.59. The number of aryl methyl sites for hydroxylation is 3. The van der Waals surface area contributed by atoms with Crippen LogP contribution in [-0.2, 0) is 19.1 Å². The van der Waals surface area contributed by atoms with Crippen LogP contribution in [0.25, 0.3) is 5.57 Å². The number of carbonyl (C=O) groups excluding carboxylic acids is 2. The third-order valence-corrected chi connectivity index (χ3v) is 7.08. The van der Waals surface area contributed by atoms with Gasteiger partial charge in [0.1, 0.15) is 5.57 Å². The summed E-state index contributed by atoms with van der Waals surface area (Å²) >= 11 is 6.06. The minimum atomic E-state index is -0.854. The molecule has 2 aromatic rings. The lowest BCUT2D eigenvalue weighted by Crippen LogP contribution is -2.32. The van der Waals surface area contributed by atoms with Gasteiger partial charge in [-0.15, -0.1) is 0 Å². The average Bonchev–Trinajstić information content (AvgIpc) is 3.29. The second-order valence-corrected chi connectivity index (χ2v) is 10.2. The van der Waals surface area contributed by atoms with Gasteiger partial charge in [0.15, 0.2) is 11.4 Å². The predicted octanol–water partition coefficient (Wildman–Crippen LogP) is 6.83. The first-order valence-corrected chi connectivity index (χ1v) is 12.0. The summed E-state index contributed by atoms with van der Waals surface area (Å²) in [6.45, 7) is 9.99. The van der Waals surface area contributed by atoms with Gasteiger partial charge in [-0.05, 0) is 86.8 Å². The molecule has 0 saturated heterocycles. The van der Waals surface area contributed by atoms with E-state index in [1.165, 1.54) is 0 Å². The normalized spacial score (nSPS) is 18.2. The zero-order valence-corrected chi connectivity index (χ0v) is 20.7. The number of hydrogen-bond donors (Lipinski definition) is 0. The van der Waals surface area contributed by atoms with Gasteiger partial charge in [0.2, 0.25) is 0 Å². The molecule has 5 heteroatoms. The molecule has 1 atom stereocenters. The van der Waals surface area contributed by atoms with Gasteiger partial charge in [-0.3, -0.25) is 4.79 Å². The van der Waals surface area contributed by atoms with Crippen LogP contribution in [0.3, 0.4) is 0 Å². The maximum absolute atomic E-state index is 13.6. The number of rotatable bonds is 5. The van der Waals surface area contributed by atoms with E-state index in [9.17, 15) is 9.59 Å². The van der Waals surface area contributed by atoms with E-state index >= 15 is 0 Å². The number of hydrogen-bond acceptors (Lipinski definition) is 4. The molecule has 0 N–H and O–H groups in total. The van der Waals surface area contributed by atoms with E-state index in [1.807, 2.05) is 58.9 Å². The zero-order valence-electron chi connectivity index (χ0n) is 20.0. The van der Waals surface area contributed by atoms with E-state index in [-0.39, 0.29) is 11.9 Å². The SMILES string of the molecule is Cc1cc(C)c(C2=C(OC(=O)[C@@H](c3ccc(Cl)cc3)C(C)C)C3(CCCC3)OC2=O)c(C)c1. The van der Waals surface area contributed by atoms with Crippen molar-refractivity contribution in [1.82, 2.24) is 0 Å². The molecule has 4 nitrogen and oxygen atoms in total. The van der Waals surface area contributed by atoms with E-state index in [2.05, 4.69) is 0 Å². The van der Waals surface area contributed by atoms with Crippen molar-refractivity contribution in [2.75, 3.05) is 0 Å². The summed E-state index contributed by atoms with van der Waals surface area (Å²) in [6.07, 6.45) is 3.20. The van der Waals surface area contributed by atoms with Gasteiger partial charge in [0, 0.05) is 5.02 Å². The second kappa shape index (κ2) is 8.98. The van der Waals surface area contributed by atoms with Crippen LogP contribution in [0.15, 0.2) is 42.2 Å². The molecule has 33 heavy (non-hydrogen) atoms. The van der Waals surface area contributed by atoms with E-state index in [4.69, 9.17) is 21.1 Å². The first kappa shape index (κ1) is 23.6. The fourth-order valence-corrected chi connectivity index (χ4v) is 5.56. The molecule has 0 amide bonds. The Morgan fingerprint density at radius 3 is 2.15 bits per heavy atom. The Kier molecular flexibility index (Phi) is 6.41. The van der Waals surface area contributed by atoms with Crippen LogP contribution < -0.4 is 0 Å². The number of halogens is 1. The molecule has 1 fully saturated rings. The molecule has 1 spiro atoms. The summed E-state index contributed by atoms with van der Waals surface area (Å²) in [5.41, 5.74) is 4.27. The Labute approximate surface area is 200 Å². The maximum atomic E-state index is 13.6. The molecule has 2 aliphatic rings. The van der Waals surface area contributed by atoms with Crippen molar-refractivity contribution in [3.05, 3.63) is 75.0 Å². The van der Waals surface area contributed by atoms with Crippen molar-refractivity contribution in [3.63, 3.8) is 0 Å². The van der Waals surface area contributed by atoms with Crippen molar-refractivity contribution in [2.45, 2.75) is 71.8 Å². The van der Waals surface area contributed by atoms with Crippen LogP contribution in [0.1, 0.15) is 73.3 Å². The molecule has 0 unspecified atom stereocenters. The number of esters is 2. The molecular weight excluding hydrogens is 436 g/mol. The highest BCUT2D eigenvalue weighted by Gasteiger charge is 2.53. The van der Waals surface area contributed by atoms with Gasteiger partial charge in [-0.1, -0.05) is 55.3 Å². The van der Waals surface area contributed by atoms with Crippen molar-refractivity contribution >= 4 is 29.1 Å². The third-order valence-electron chi connectivity index (χ3n) is 6.82. The standard InChI is InChI=1S/C28H31ClO4/c1-16(2)22(20-8-10-21(29)11-9-20)26(30)32-25-24(23-18(4)14-17(3)15-19(23)5)27(31)33-28(25)12-6-7-13-28/h8-11,14-16,22H,6-7,12-13H2,1-5H3/t22-/m1/s1. The highest BCUT2D eigenvalue weighted by Crippen LogP contribution is 2.49. The summed E-state index contributed by atoms with van der Waals surface area (Å²) in [4.78, 5) is 26.9. The fraction of sp³-hybridized carbons (Fsp3) is 0.429. The molecule has 1 aliphatic carbocycles. The molecule has 1 saturated carbocycles. The van der Waals surface area contributed by atoms with Crippen molar-refractivity contribution in [1.29, 1.82) is 0 Å². The molecule has 4 rings (SSSR count). The Bertz CT molecular complexity index is 1100. The number of carbonyl (C=O) groups is 2. The average molecular weight is 467 g/mol. The van der Waals surface area contributed by atoms with Crippen LogP contribution in [0.5, 0.6) is 0 Å². The van der Waals surface area contributed by atoms with Crippen LogP contribution in [-0.4, -0.2) is 17.5 Å². The third kappa shape index (κ3) is 4.33. The van der Waals surface area contributed by atoms with Gasteiger partial charge in [-0.25, -0.2) is 4.79 Å². The monoisotopic (exact) mass is 466 g/mol. The molecule has 0 radical (unpaired) electrons. The number of benzene rings is 2. The van der Waals surface area contributed by atoms with Crippen molar-refractivity contribution in [3.8, 4) is 0 Å². The molecular formula is C28H31ClO4. The lowest BCUT2D eigenvalue weighted by molar-refractivity contribution is -0.153. The summed E-state index contributed by atoms with van der Waals surface area (Å²) in [6, 6.07) is 11.4. The summed E-state index contributed by atoms with van der Waals surface area (Å²) in [5.74, 6) is -0.854. The maximum Gasteiger partial charge on any atom is 0.343 e. The molecule has 0 bridgehead atoms. The van der Waals surface area contributed by atoms with E-state index < -0.39 is 17.5 Å². The Morgan fingerprint density at radius 1 is 1.03 bits per heavy atom. The van der Waals surface area contributed by atoms with Crippen LogP contribution in [0.4, 0.5) is 0 Å². The Morgan fingerprint density at radius 2 is 1.61 bits per heavy atom. The summed E-state index contributed by atoms with van der Waals surface area (Å²) in [7, 11) is 0.